The second-order valence-corrected chi connectivity index (χ2v) is 5.53. The first-order valence-electron chi connectivity index (χ1n) is 7.66. The molecule has 2 nitrogen and oxygen atoms in total. The summed E-state index contributed by atoms with van der Waals surface area (Å²) in [5.74, 6) is 1.16. The van der Waals surface area contributed by atoms with Gasteiger partial charge in [-0.1, -0.05) is 30.3 Å². The lowest BCUT2D eigenvalue weighted by molar-refractivity contribution is 0.0994. The smallest absolute Gasteiger partial charge is 0.163 e. The number of hydrogen-bond acceptors (Lipinski definition) is 2. The first kappa shape index (κ1) is 13.9. The normalized spacial score (nSPS) is 13.2. The summed E-state index contributed by atoms with van der Waals surface area (Å²) in [7, 11) is 0. The molecule has 0 radical (unpaired) electrons. The Balaban J connectivity index is 1.43. The Morgan fingerprint density at radius 1 is 0.952 bits per heavy atom. The Morgan fingerprint density at radius 3 is 2.67 bits per heavy atom. The number of aryl methyl sites for hydroxylation is 2. The Hall–Kier alpha value is -2.09. The average Bonchev–Trinajstić information content (AvgIpc) is 2.89. The number of hydrogen-bond donors (Lipinski definition) is 0. The maximum Gasteiger partial charge on any atom is 0.163 e. The molecule has 0 spiro atoms. The molecule has 0 fully saturated rings. The Bertz CT molecular complexity index is 617. The topological polar surface area (TPSA) is 26.3 Å². The van der Waals surface area contributed by atoms with Gasteiger partial charge in [-0.3, -0.25) is 4.79 Å². The van der Waals surface area contributed by atoms with Gasteiger partial charge in [-0.15, -0.1) is 0 Å². The van der Waals surface area contributed by atoms with Crippen molar-refractivity contribution in [1.82, 2.24) is 0 Å². The van der Waals surface area contributed by atoms with Crippen molar-refractivity contribution in [2.75, 3.05) is 6.61 Å². The molecule has 0 amide bonds. The lowest BCUT2D eigenvalue weighted by Crippen LogP contribution is -1.99. The molecule has 3 rings (SSSR count). The zero-order valence-electron chi connectivity index (χ0n) is 12.2. The summed E-state index contributed by atoms with van der Waals surface area (Å²) < 4.78 is 5.79. The number of carbonyl (C=O) groups is 1. The minimum atomic E-state index is 0.263. The zero-order valence-corrected chi connectivity index (χ0v) is 12.2. The van der Waals surface area contributed by atoms with Crippen LogP contribution in [0.25, 0.3) is 0 Å². The van der Waals surface area contributed by atoms with Gasteiger partial charge in [-0.25, -0.2) is 0 Å². The van der Waals surface area contributed by atoms with E-state index in [0.717, 1.165) is 49.2 Å². The Kier molecular flexibility index (Phi) is 4.34. The quantitative estimate of drug-likeness (QED) is 0.741. The van der Waals surface area contributed by atoms with Crippen molar-refractivity contribution >= 4 is 5.78 Å². The number of ketones is 1. The van der Waals surface area contributed by atoms with Gasteiger partial charge in [0.2, 0.25) is 0 Å². The van der Waals surface area contributed by atoms with Crippen molar-refractivity contribution in [3.63, 3.8) is 0 Å². The number of carbonyl (C=O) groups excluding carboxylic acids is 1. The van der Waals surface area contributed by atoms with Gasteiger partial charge in [0, 0.05) is 12.0 Å². The van der Waals surface area contributed by atoms with Gasteiger partial charge in [0.25, 0.3) is 0 Å². The number of benzene rings is 2. The van der Waals surface area contributed by atoms with Crippen LogP contribution in [0, 0.1) is 0 Å². The monoisotopic (exact) mass is 280 g/mol. The minimum absolute atomic E-state index is 0.263. The summed E-state index contributed by atoms with van der Waals surface area (Å²) in [5.41, 5.74) is 3.40. The second-order valence-electron chi connectivity index (χ2n) is 5.53. The van der Waals surface area contributed by atoms with E-state index in [2.05, 4.69) is 24.3 Å². The van der Waals surface area contributed by atoms with E-state index >= 15 is 0 Å². The summed E-state index contributed by atoms with van der Waals surface area (Å²) in [6, 6.07) is 16.4. The van der Waals surface area contributed by atoms with E-state index in [1.54, 1.807) is 0 Å². The molecule has 21 heavy (non-hydrogen) atoms. The number of rotatable bonds is 6. The van der Waals surface area contributed by atoms with Crippen LogP contribution in [0.3, 0.4) is 0 Å². The predicted molar refractivity (Wildman–Crippen MR) is 84.0 cm³/mol. The maximum absolute atomic E-state index is 11.6. The average molecular weight is 280 g/mol. The third-order valence-electron chi connectivity index (χ3n) is 3.97. The van der Waals surface area contributed by atoms with E-state index in [9.17, 15) is 4.79 Å². The molecule has 1 aliphatic carbocycles. The van der Waals surface area contributed by atoms with Crippen LogP contribution in [-0.4, -0.2) is 12.4 Å². The van der Waals surface area contributed by atoms with Gasteiger partial charge in [0.1, 0.15) is 5.75 Å². The van der Waals surface area contributed by atoms with Crippen LogP contribution in [-0.2, 0) is 12.8 Å². The second kappa shape index (κ2) is 6.57. The van der Waals surface area contributed by atoms with Crippen molar-refractivity contribution in [2.24, 2.45) is 0 Å². The molecule has 0 aromatic heterocycles. The highest BCUT2D eigenvalue weighted by Gasteiger charge is 2.19. The molecule has 0 heterocycles. The van der Waals surface area contributed by atoms with E-state index in [-0.39, 0.29) is 5.78 Å². The zero-order chi connectivity index (χ0) is 14.5. The SMILES string of the molecule is O=C1CCc2cc(OCCCCc3ccccc3)ccc21. The van der Waals surface area contributed by atoms with E-state index in [0.29, 0.717) is 6.42 Å². The van der Waals surface area contributed by atoms with Crippen molar-refractivity contribution < 1.29 is 9.53 Å². The fraction of sp³-hybridized carbons (Fsp3) is 0.316. The lowest BCUT2D eigenvalue weighted by atomic mass is 10.1. The molecule has 2 heteroatoms. The van der Waals surface area contributed by atoms with Crippen LogP contribution in [0.15, 0.2) is 48.5 Å². The molecule has 0 N–H and O–H groups in total. The molecule has 0 unspecified atom stereocenters. The van der Waals surface area contributed by atoms with Crippen LogP contribution in [0.2, 0.25) is 0 Å². The van der Waals surface area contributed by atoms with E-state index in [4.69, 9.17) is 4.74 Å². The van der Waals surface area contributed by atoms with Crippen molar-refractivity contribution in [3.8, 4) is 5.75 Å². The highest BCUT2D eigenvalue weighted by Crippen LogP contribution is 2.26. The van der Waals surface area contributed by atoms with Crippen LogP contribution < -0.4 is 4.74 Å². The summed E-state index contributed by atoms with van der Waals surface area (Å²) in [4.78, 5) is 11.6. The summed E-state index contributed by atoms with van der Waals surface area (Å²) in [6.45, 7) is 0.736. The van der Waals surface area contributed by atoms with Crippen LogP contribution in [0.4, 0.5) is 0 Å². The molecule has 0 bridgehead atoms. The summed E-state index contributed by atoms with van der Waals surface area (Å²) >= 11 is 0. The van der Waals surface area contributed by atoms with Crippen molar-refractivity contribution in [2.45, 2.75) is 32.1 Å². The molecular formula is C19H20O2. The van der Waals surface area contributed by atoms with Crippen LogP contribution >= 0.6 is 0 Å². The van der Waals surface area contributed by atoms with Gasteiger partial charge in [0.05, 0.1) is 6.61 Å². The lowest BCUT2D eigenvalue weighted by Gasteiger charge is -2.08. The van der Waals surface area contributed by atoms with Crippen molar-refractivity contribution in [1.29, 1.82) is 0 Å². The molecule has 0 atom stereocenters. The number of ether oxygens (including phenoxy) is 1. The fourth-order valence-electron chi connectivity index (χ4n) is 2.79. The minimum Gasteiger partial charge on any atom is -0.494 e. The number of fused-ring (bicyclic) bond motifs is 1. The van der Waals surface area contributed by atoms with Crippen molar-refractivity contribution in [3.05, 3.63) is 65.2 Å². The van der Waals surface area contributed by atoms with Gasteiger partial charge in [-0.2, -0.15) is 0 Å². The van der Waals surface area contributed by atoms with E-state index in [1.165, 1.54) is 5.56 Å². The van der Waals surface area contributed by atoms with Crippen LogP contribution in [0.5, 0.6) is 5.75 Å². The van der Waals surface area contributed by atoms with Gasteiger partial charge < -0.3 is 4.74 Å². The van der Waals surface area contributed by atoms with Gasteiger partial charge in [-0.05, 0) is 55.0 Å². The van der Waals surface area contributed by atoms with Gasteiger partial charge >= 0.3 is 0 Å². The first-order valence-corrected chi connectivity index (χ1v) is 7.66. The van der Waals surface area contributed by atoms with E-state index < -0.39 is 0 Å². The largest absolute Gasteiger partial charge is 0.494 e. The molecule has 2 aromatic carbocycles. The van der Waals surface area contributed by atoms with Gasteiger partial charge in [0.15, 0.2) is 5.78 Å². The summed E-state index contributed by atoms with van der Waals surface area (Å²) in [5, 5.41) is 0. The molecular weight excluding hydrogens is 260 g/mol. The highest BCUT2D eigenvalue weighted by atomic mass is 16.5. The first-order chi connectivity index (χ1) is 10.3. The Morgan fingerprint density at radius 2 is 1.81 bits per heavy atom. The third-order valence-corrected chi connectivity index (χ3v) is 3.97. The molecule has 1 aliphatic rings. The molecule has 2 aromatic rings. The maximum atomic E-state index is 11.6. The standard InChI is InChI=1S/C19H20O2/c20-19-12-9-16-14-17(10-11-18(16)19)21-13-5-4-8-15-6-2-1-3-7-15/h1-3,6-7,10-11,14H,4-5,8-9,12-13H2. The third kappa shape index (κ3) is 3.52. The Labute approximate surface area is 125 Å². The highest BCUT2D eigenvalue weighted by molar-refractivity contribution is 6.00. The number of Topliss-reactive ketones (excluding diaryl/α,β-unsaturated/α-hetero) is 1. The molecule has 108 valence electrons. The fourth-order valence-corrected chi connectivity index (χ4v) is 2.79. The van der Waals surface area contributed by atoms with Crippen LogP contribution in [0.1, 0.15) is 40.7 Å². The predicted octanol–water partition coefficient (Wildman–Crippen LogP) is 4.22. The molecule has 0 saturated heterocycles. The molecule has 0 aliphatic heterocycles. The number of unbranched alkanes of at least 4 members (excludes halogenated alkanes) is 1. The molecule has 0 saturated carbocycles. The summed E-state index contributed by atoms with van der Waals surface area (Å²) in [6.07, 6.45) is 4.79. The van der Waals surface area contributed by atoms with E-state index in [1.807, 2.05) is 24.3 Å².